The average molecular weight is 340 g/mol. The molecule has 130 valence electrons. The first-order chi connectivity index (χ1) is 11.2. The summed E-state index contributed by atoms with van der Waals surface area (Å²) in [7, 11) is 1.98. The molecule has 0 saturated carbocycles. The Morgan fingerprint density at radius 1 is 1.48 bits per heavy atom. The van der Waals surface area contributed by atoms with Crippen LogP contribution in [0.4, 0.5) is 0 Å². The van der Waals surface area contributed by atoms with Crippen LogP contribution in [0.25, 0.3) is 0 Å². The Balaban J connectivity index is 1.85. The van der Waals surface area contributed by atoms with E-state index in [4.69, 9.17) is 0 Å². The monoisotopic (exact) mass is 339 g/mol. The van der Waals surface area contributed by atoms with Crippen molar-refractivity contribution < 1.29 is 4.79 Å². The van der Waals surface area contributed by atoms with Crippen molar-refractivity contribution in [2.24, 2.45) is 7.05 Å². The summed E-state index contributed by atoms with van der Waals surface area (Å²) in [5.41, 5.74) is 0. The Kier molecular flexibility index (Phi) is 7.39. The molecule has 1 aromatic rings. The molecule has 1 aromatic heterocycles. The Morgan fingerprint density at radius 3 is 2.91 bits per heavy atom. The minimum absolute atomic E-state index is 0.0413. The molecule has 0 bridgehead atoms. The number of carbonyl (C=O) groups is 1. The van der Waals surface area contributed by atoms with Crippen LogP contribution >= 0.6 is 11.8 Å². The lowest BCUT2D eigenvalue weighted by atomic mass is 10.1. The fraction of sp³-hybridized carbons (Fsp3) is 0.750. The van der Waals surface area contributed by atoms with Gasteiger partial charge in [0.15, 0.2) is 0 Å². The third-order valence-corrected chi connectivity index (χ3v) is 5.31. The van der Waals surface area contributed by atoms with Gasteiger partial charge in [-0.1, -0.05) is 13.8 Å². The van der Waals surface area contributed by atoms with Gasteiger partial charge < -0.3 is 19.7 Å². The highest BCUT2D eigenvalue weighted by Gasteiger charge is 2.30. The topological polar surface area (TPSA) is 53.4 Å². The number of thioether (sulfide) groups is 1. The Bertz CT molecular complexity index is 489. The number of nitrogens with one attached hydrogen (secondary N) is 1. The van der Waals surface area contributed by atoms with Crippen LogP contribution in [0.1, 0.15) is 25.7 Å². The zero-order valence-corrected chi connectivity index (χ0v) is 15.3. The van der Waals surface area contributed by atoms with E-state index in [1.807, 2.05) is 22.7 Å². The van der Waals surface area contributed by atoms with E-state index in [1.165, 1.54) is 0 Å². The van der Waals surface area contributed by atoms with Crippen LogP contribution in [0.3, 0.4) is 0 Å². The fourth-order valence-electron chi connectivity index (χ4n) is 2.91. The molecule has 2 heterocycles. The molecule has 1 amide bonds. The molecule has 1 aliphatic heterocycles. The number of carbonyl (C=O) groups excluding carboxylic acids is 1. The minimum Gasteiger partial charge on any atom is -0.336 e. The fourth-order valence-corrected chi connectivity index (χ4v) is 3.78. The van der Waals surface area contributed by atoms with Crippen molar-refractivity contribution in [2.45, 2.75) is 19.9 Å². The summed E-state index contributed by atoms with van der Waals surface area (Å²) in [6.45, 7) is 9.95. The van der Waals surface area contributed by atoms with Gasteiger partial charge in [-0.2, -0.15) is 11.8 Å². The van der Waals surface area contributed by atoms with E-state index in [0.717, 1.165) is 50.8 Å². The normalized spacial score (nSPS) is 18.6. The molecule has 1 saturated heterocycles. The smallest absolute Gasteiger partial charge is 0.233 e. The lowest BCUT2D eigenvalue weighted by molar-refractivity contribution is -0.131. The van der Waals surface area contributed by atoms with Crippen molar-refractivity contribution in [3.63, 3.8) is 0 Å². The highest BCUT2D eigenvalue weighted by Crippen LogP contribution is 2.21. The number of hydrogen-bond acceptors (Lipinski definition) is 5. The molecule has 0 spiro atoms. The molecule has 1 aliphatic rings. The van der Waals surface area contributed by atoms with Crippen molar-refractivity contribution in [1.82, 2.24) is 24.7 Å². The van der Waals surface area contributed by atoms with E-state index in [-0.39, 0.29) is 11.9 Å². The van der Waals surface area contributed by atoms with Gasteiger partial charge in [0.25, 0.3) is 0 Å². The van der Waals surface area contributed by atoms with E-state index < -0.39 is 0 Å². The van der Waals surface area contributed by atoms with Gasteiger partial charge in [-0.05, 0) is 13.1 Å². The summed E-state index contributed by atoms with van der Waals surface area (Å²) < 4.78 is 2.01. The molecule has 1 fully saturated rings. The van der Waals surface area contributed by atoms with E-state index in [1.54, 1.807) is 18.0 Å². The number of nitrogens with zero attached hydrogens (tertiary/aromatic N) is 4. The quantitative estimate of drug-likeness (QED) is 0.715. The minimum atomic E-state index is 0.0413. The summed E-state index contributed by atoms with van der Waals surface area (Å²) in [4.78, 5) is 21.4. The van der Waals surface area contributed by atoms with E-state index >= 15 is 0 Å². The first-order valence-electron chi connectivity index (χ1n) is 8.44. The summed E-state index contributed by atoms with van der Waals surface area (Å²) >= 11 is 1.74. The molecular weight excluding hydrogens is 310 g/mol. The summed E-state index contributed by atoms with van der Waals surface area (Å²) in [5, 5.41) is 3.37. The number of imidazole rings is 1. The van der Waals surface area contributed by atoms with Crippen LogP contribution in [0.5, 0.6) is 0 Å². The Hall–Kier alpha value is -1.05. The molecule has 1 N–H and O–H groups in total. The van der Waals surface area contributed by atoms with Gasteiger partial charge in [-0.3, -0.25) is 4.79 Å². The number of piperazine rings is 1. The average Bonchev–Trinajstić information content (AvgIpc) is 3.00. The second-order valence-electron chi connectivity index (χ2n) is 5.78. The van der Waals surface area contributed by atoms with Gasteiger partial charge in [0, 0.05) is 51.4 Å². The zero-order chi connectivity index (χ0) is 16.7. The highest BCUT2D eigenvalue weighted by atomic mass is 32.2. The number of rotatable bonds is 8. The standard InChI is InChI=1S/C16H29N5OS/c1-4-20(5-2)10-11-23-13-15(22)21-9-6-17-12-14(21)16-18-7-8-19(16)3/h7-8,14,17H,4-6,9-13H2,1-3H3. The van der Waals surface area contributed by atoms with E-state index in [0.29, 0.717) is 5.75 Å². The molecule has 1 unspecified atom stereocenters. The predicted molar refractivity (Wildman–Crippen MR) is 95.6 cm³/mol. The molecule has 23 heavy (non-hydrogen) atoms. The number of amides is 1. The first-order valence-corrected chi connectivity index (χ1v) is 9.60. The van der Waals surface area contributed by atoms with Gasteiger partial charge >= 0.3 is 0 Å². The van der Waals surface area contributed by atoms with Crippen LogP contribution < -0.4 is 5.32 Å². The van der Waals surface area contributed by atoms with Crippen LogP contribution in [0, 0.1) is 0 Å². The molecule has 0 aromatic carbocycles. The molecule has 0 radical (unpaired) electrons. The maximum Gasteiger partial charge on any atom is 0.233 e. The van der Waals surface area contributed by atoms with Crippen molar-refractivity contribution >= 4 is 17.7 Å². The molecule has 1 atom stereocenters. The summed E-state index contributed by atoms with van der Waals surface area (Å²) in [5.74, 6) is 2.75. The molecule has 2 rings (SSSR count). The first kappa shape index (κ1) is 18.3. The lowest BCUT2D eigenvalue weighted by Gasteiger charge is -2.35. The SMILES string of the molecule is CCN(CC)CCSCC(=O)N1CCNCC1c1nccn1C. The second-order valence-corrected chi connectivity index (χ2v) is 6.89. The highest BCUT2D eigenvalue weighted by molar-refractivity contribution is 7.99. The van der Waals surface area contributed by atoms with Gasteiger partial charge in [0.1, 0.15) is 11.9 Å². The molecule has 6 nitrogen and oxygen atoms in total. The van der Waals surface area contributed by atoms with Crippen LogP contribution in [0.15, 0.2) is 12.4 Å². The largest absolute Gasteiger partial charge is 0.336 e. The van der Waals surface area contributed by atoms with Gasteiger partial charge in [-0.25, -0.2) is 4.98 Å². The maximum absolute atomic E-state index is 12.6. The maximum atomic E-state index is 12.6. The number of aromatic nitrogens is 2. The predicted octanol–water partition coefficient (Wildman–Crippen LogP) is 0.968. The van der Waals surface area contributed by atoms with E-state index in [9.17, 15) is 4.79 Å². The van der Waals surface area contributed by atoms with Gasteiger partial charge in [0.2, 0.25) is 5.91 Å². The lowest BCUT2D eigenvalue weighted by Crippen LogP contribution is -2.50. The van der Waals surface area contributed by atoms with Crippen molar-refractivity contribution in [2.75, 3.05) is 50.8 Å². The Morgan fingerprint density at radius 2 is 2.26 bits per heavy atom. The zero-order valence-electron chi connectivity index (χ0n) is 14.5. The Labute approximate surface area is 143 Å². The van der Waals surface area contributed by atoms with Crippen LogP contribution in [-0.4, -0.2) is 76.0 Å². The van der Waals surface area contributed by atoms with Gasteiger partial charge in [-0.15, -0.1) is 0 Å². The summed E-state index contributed by atoms with van der Waals surface area (Å²) in [6, 6.07) is 0.0413. The van der Waals surface area contributed by atoms with Crippen LogP contribution in [-0.2, 0) is 11.8 Å². The second kappa shape index (κ2) is 9.30. The van der Waals surface area contributed by atoms with Gasteiger partial charge in [0.05, 0.1) is 5.75 Å². The van der Waals surface area contributed by atoms with Crippen molar-refractivity contribution in [3.8, 4) is 0 Å². The third kappa shape index (κ3) is 4.96. The van der Waals surface area contributed by atoms with Crippen molar-refractivity contribution in [3.05, 3.63) is 18.2 Å². The number of aryl methyl sites for hydroxylation is 1. The van der Waals surface area contributed by atoms with E-state index in [2.05, 4.69) is 29.0 Å². The molecular formula is C16H29N5OS. The molecule has 0 aliphatic carbocycles. The third-order valence-electron chi connectivity index (χ3n) is 4.39. The number of hydrogen-bond donors (Lipinski definition) is 1. The van der Waals surface area contributed by atoms with Crippen molar-refractivity contribution in [1.29, 1.82) is 0 Å². The summed E-state index contributed by atoms with van der Waals surface area (Å²) in [6.07, 6.45) is 3.73. The molecule has 7 heteroatoms. The van der Waals surface area contributed by atoms with Crippen LogP contribution in [0.2, 0.25) is 0 Å².